The van der Waals surface area contributed by atoms with Gasteiger partial charge in [-0.3, -0.25) is 0 Å². The second-order valence-electron chi connectivity index (χ2n) is 2.54. The van der Waals surface area contributed by atoms with Gasteiger partial charge in [-0.05, 0) is 19.1 Å². The monoisotopic (exact) mass is 149 g/mol. The maximum atomic E-state index is 9.04. The van der Waals surface area contributed by atoms with Crippen LogP contribution >= 0.6 is 0 Å². The van der Waals surface area contributed by atoms with Crippen molar-refractivity contribution in [2.75, 3.05) is 0 Å². The molecule has 0 aromatic heterocycles. The van der Waals surface area contributed by atoms with Gasteiger partial charge in [0.1, 0.15) is 5.76 Å². The molecule has 0 saturated carbocycles. The molecule has 0 saturated heterocycles. The van der Waals surface area contributed by atoms with E-state index in [-0.39, 0.29) is 11.7 Å². The van der Waals surface area contributed by atoms with Gasteiger partial charge in [0.05, 0.1) is 0 Å². The molecular formula is C9H11NO. The zero-order valence-electron chi connectivity index (χ0n) is 6.41. The van der Waals surface area contributed by atoms with Crippen LogP contribution in [0.25, 0.3) is 0 Å². The molecule has 2 N–H and O–H groups in total. The molecule has 0 aromatic rings. The van der Waals surface area contributed by atoms with Crippen LogP contribution in [0.1, 0.15) is 6.92 Å². The lowest BCUT2D eigenvalue weighted by Gasteiger charge is -2.01. The first kappa shape index (κ1) is 7.79. The van der Waals surface area contributed by atoms with Crippen LogP contribution in [0, 0.1) is 11.3 Å². The summed E-state index contributed by atoms with van der Waals surface area (Å²) in [6, 6.07) is 0. The normalized spacial score (nSPS) is 22.6. The molecule has 2 heteroatoms. The van der Waals surface area contributed by atoms with E-state index >= 15 is 0 Å². The summed E-state index contributed by atoms with van der Waals surface area (Å²) < 4.78 is 0. The molecule has 58 valence electrons. The van der Waals surface area contributed by atoms with Crippen molar-refractivity contribution < 1.29 is 5.11 Å². The highest BCUT2D eigenvalue weighted by Gasteiger charge is 2.03. The SMILES string of the molecule is CC(=N)C1C=CC=C(O)C=C1. The number of allylic oxidation sites excluding steroid dienone is 5. The fourth-order valence-electron chi connectivity index (χ4n) is 0.884. The van der Waals surface area contributed by atoms with Crippen molar-refractivity contribution in [1.82, 2.24) is 0 Å². The quantitative estimate of drug-likeness (QED) is 0.551. The smallest absolute Gasteiger partial charge is 0.115 e. The minimum Gasteiger partial charge on any atom is -0.508 e. The third-order valence-corrected chi connectivity index (χ3v) is 1.56. The van der Waals surface area contributed by atoms with Gasteiger partial charge in [-0.1, -0.05) is 18.2 Å². The molecule has 1 atom stereocenters. The van der Waals surface area contributed by atoms with Gasteiger partial charge < -0.3 is 10.5 Å². The van der Waals surface area contributed by atoms with E-state index in [9.17, 15) is 0 Å². The summed E-state index contributed by atoms with van der Waals surface area (Å²) in [5.74, 6) is 0.279. The number of aliphatic hydroxyl groups is 1. The van der Waals surface area contributed by atoms with Gasteiger partial charge in [0, 0.05) is 11.6 Å². The van der Waals surface area contributed by atoms with Crippen molar-refractivity contribution in [2.45, 2.75) is 6.92 Å². The average Bonchev–Trinajstić information content (AvgIpc) is 2.13. The van der Waals surface area contributed by atoms with Crippen molar-refractivity contribution in [3.8, 4) is 0 Å². The van der Waals surface area contributed by atoms with E-state index in [0.29, 0.717) is 5.71 Å². The molecule has 0 aromatic carbocycles. The number of hydrogen-bond donors (Lipinski definition) is 2. The summed E-state index contributed by atoms with van der Waals surface area (Å²) in [7, 11) is 0. The van der Waals surface area contributed by atoms with Gasteiger partial charge >= 0.3 is 0 Å². The Morgan fingerprint density at radius 2 is 2.27 bits per heavy atom. The Labute approximate surface area is 66.1 Å². The van der Waals surface area contributed by atoms with Crippen LogP contribution in [0.4, 0.5) is 0 Å². The predicted octanol–water partition coefficient (Wildman–Crippen LogP) is 2.21. The average molecular weight is 149 g/mol. The number of hydrogen-bond acceptors (Lipinski definition) is 2. The third-order valence-electron chi connectivity index (χ3n) is 1.56. The lowest BCUT2D eigenvalue weighted by atomic mass is 10.0. The van der Waals surface area contributed by atoms with Gasteiger partial charge in [0.25, 0.3) is 0 Å². The largest absolute Gasteiger partial charge is 0.508 e. The van der Waals surface area contributed by atoms with Crippen molar-refractivity contribution in [1.29, 1.82) is 5.41 Å². The van der Waals surface area contributed by atoms with E-state index in [1.54, 1.807) is 31.2 Å². The van der Waals surface area contributed by atoms with Crippen LogP contribution in [0.5, 0.6) is 0 Å². The van der Waals surface area contributed by atoms with E-state index in [4.69, 9.17) is 10.5 Å². The molecule has 2 nitrogen and oxygen atoms in total. The fourth-order valence-corrected chi connectivity index (χ4v) is 0.884. The molecule has 1 rings (SSSR count). The Morgan fingerprint density at radius 3 is 2.91 bits per heavy atom. The summed E-state index contributed by atoms with van der Waals surface area (Å²) in [4.78, 5) is 0. The van der Waals surface area contributed by atoms with Gasteiger partial charge in [0.2, 0.25) is 0 Å². The van der Waals surface area contributed by atoms with E-state index in [2.05, 4.69) is 0 Å². The molecule has 0 aliphatic heterocycles. The standard InChI is InChI=1S/C9H11NO/c1-7(10)8-3-2-4-9(11)6-5-8/h2-6,8,10-11H,1H3. The third kappa shape index (κ3) is 2.08. The Hall–Kier alpha value is -1.31. The molecule has 0 radical (unpaired) electrons. The lowest BCUT2D eigenvalue weighted by Crippen LogP contribution is -2.02. The van der Waals surface area contributed by atoms with Crippen LogP contribution in [-0.2, 0) is 0 Å². The lowest BCUT2D eigenvalue weighted by molar-refractivity contribution is 0.432. The number of aliphatic hydroxyl groups excluding tert-OH is 1. The second kappa shape index (κ2) is 3.19. The molecule has 1 unspecified atom stereocenters. The summed E-state index contributed by atoms with van der Waals surface area (Å²) in [6.45, 7) is 1.75. The highest BCUT2D eigenvalue weighted by atomic mass is 16.3. The van der Waals surface area contributed by atoms with Crippen LogP contribution in [0.2, 0.25) is 0 Å². The Morgan fingerprint density at radius 1 is 1.55 bits per heavy atom. The second-order valence-corrected chi connectivity index (χ2v) is 2.54. The molecule has 11 heavy (non-hydrogen) atoms. The molecule has 0 fully saturated rings. The Balaban J connectivity index is 2.79. The van der Waals surface area contributed by atoms with E-state index in [0.717, 1.165) is 0 Å². The van der Waals surface area contributed by atoms with Gasteiger partial charge in [-0.25, -0.2) is 0 Å². The summed E-state index contributed by atoms with van der Waals surface area (Å²) in [5, 5.41) is 16.4. The molecule has 0 spiro atoms. The predicted molar refractivity (Wildman–Crippen MR) is 45.9 cm³/mol. The topological polar surface area (TPSA) is 44.1 Å². The summed E-state index contributed by atoms with van der Waals surface area (Å²) >= 11 is 0. The Kier molecular flexibility index (Phi) is 2.26. The molecular weight excluding hydrogens is 138 g/mol. The van der Waals surface area contributed by atoms with E-state index in [1.165, 1.54) is 0 Å². The number of rotatable bonds is 1. The van der Waals surface area contributed by atoms with E-state index in [1.807, 2.05) is 6.08 Å². The highest BCUT2D eigenvalue weighted by molar-refractivity contribution is 5.84. The Bertz CT molecular complexity index is 248. The molecule has 0 bridgehead atoms. The van der Waals surface area contributed by atoms with Crippen molar-refractivity contribution >= 4 is 5.71 Å². The minimum atomic E-state index is 0.0379. The highest BCUT2D eigenvalue weighted by Crippen LogP contribution is 2.09. The first-order valence-electron chi connectivity index (χ1n) is 3.51. The van der Waals surface area contributed by atoms with Gasteiger partial charge in [0.15, 0.2) is 0 Å². The molecule has 1 aliphatic carbocycles. The summed E-state index contributed by atoms with van der Waals surface area (Å²) in [5.41, 5.74) is 0.584. The zero-order chi connectivity index (χ0) is 8.27. The van der Waals surface area contributed by atoms with Crippen LogP contribution < -0.4 is 0 Å². The van der Waals surface area contributed by atoms with Gasteiger partial charge in [-0.15, -0.1) is 0 Å². The fraction of sp³-hybridized carbons (Fsp3) is 0.222. The first-order valence-corrected chi connectivity index (χ1v) is 3.51. The van der Waals surface area contributed by atoms with Crippen molar-refractivity contribution in [3.63, 3.8) is 0 Å². The minimum absolute atomic E-state index is 0.0379. The molecule has 1 aliphatic rings. The number of nitrogens with one attached hydrogen (secondary N) is 1. The van der Waals surface area contributed by atoms with Crippen LogP contribution in [-0.4, -0.2) is 10.8 Å². The van der Waals surface area contributed by atoms with Gasteiger partial charge in [-0.2, -0.15) is 0 Å². The van der Waals surface area contributed by atoms with Crippen LogP contribution in [0.15, 0.2) is 36.1 Å². The maximum Gasteiger partial charge on any atom is 0.115 e. The molecule has 0 heterocycles. The first-order chi connectivity index (χ1) is 5.20. The summed E-state index contributed by atoms with van der Waals surface area (Å²) in [6.07, 6.45) is 8.67. The van der Waals surface area contributed by atoms with Crippen molar-refractivity contribution in [2.24, 2.45) is 5.92 Å². The zero-order valence-corrected chi connectivity index (χ0v) is 6.41. The van der Waals surface area contributed by atoms with E-state index < -0.39 is 0 Å². The molecule has 0 amide bonds. The van der Waals surface area contributed by atoms with Crippen molar-refractivity contribution in [3.05, 3.63) is 36.1 Å². The maximum absolute atomic E-state index is 9.04. The van der Waals surface area contributed by atoms with Crippen LogP contribution in [0.3, 0.4) is 0 Å².